The number of carbonyl (C=O) groups excluding carboxylic acids is 1. The highest BCUT2D eigenvalue weighted by Crippen LogP contribution is 2.27. The lowest BCUT2D eigenvalue weighted by Crippen LogP contribution is -2.41. The van der Waals surface area contributed by atoms with Gasteiger partial charge in [0.1, 0.15) is 0 Å². The van der Waals surface area contributed by atoms with E-state index in [0.717, 1.165) is 50.9 Å². The van der Waals surface area contributed by atoms with Crippen LogP contribution < -0.4 is 5.32 Å². The summed E-state index contributed by atoms with van der Waals surface area (Å²) < 4.78 is 5.49. The lowest BCUT2D eigenvalue weighted by atomic mass is 9.95. The second-order valence-electron chi connectivity index (χ2n) is 6.95. The van der Waals surface area contributed by atoms with Gasteiger partial charge in [0.15, 0.2) is 0 Å². The molecule has 1 N–H and O–H groups in total. The quantitative estimate of drug-likeness (QED) is 0.770. The first-order valence-electron chi connectivity index (χ1n) is 9.59. The highest BCUT2D eigenvalue weighted by atomic mass is 16.5. The van der Waals surface area contributed by atoms with Crippen LogP contribution in [0.1, 0.15) is 51.5 Å². The molecule has 1 aromatic carbocycles. The third kappa shape index (κ3) is 4.49. The van der Waals surface area contributed by atoms with Gasteiger partial charge < -0.3 is 9.84 Å². The van der Waals surface area contributed by atoms with Crippen molar-refractivity contribution in [2.45, 2.75) is 45.6 Å². The van der Waals surface area contributed by atoms with Crippen molar-refractivity contribution in [1.29, 1.82) is 0 Å². The maximum absolute atomic E-state index is 12.2. The van der Waals surface area contributed by atoms with E-state index in [1.807, 2.05) is 30.3 Å². The van der Waals surface area contributed by atoms with Crippen LogP contribution in [0.3, 0.4) is 0 Å². The minimum atomic E-state index is 0.0593. The number of hydrogen-bond acceptors (Lipinski definition) is 5. The van der Waals surface area contributed by atoms with Gasteiger partial charge in [0.2, 0.25) is 17.6 Å². The molecule has 0 radical (unpaired) electrons. The van der Waals surface area contributed by atoms with Gasteiger partial charge in [-0.3, -0.25) is 9.69 Å². The Morgan fingerprint density at radius 1 is 1.31 bits per heavy atom. The van der Waals surface area contributed by atoms with Crippen molar-refractivity contribution < 1.29 is 9.32 Å². The number of nitrogens with zero attached hydrogens (tertiary/aromatic N) is 3. The Morgan fingerprint density at radius 2 is 2.04 bits per heavy atom. The molecule has 2 heterocycles. The molecule has 2 aromatic rings. The number of piperidine rings is 1. The average molecular weight is 356 g/mol. The first-order chi connectivity index (χ1) is 12.7. The number of amides is 1. The number of benzene rings is 1. The number of aromatic nitrogens is 2. The van der Waals surface area contributed by atoms with Crippen LogP contribution >= 0.6 is 0 Å². The van der Waals surface area contributed by atoms with Gasteiger partial charge in [0, 0.05) is 18.0 Å². The van der Waals surface area contributed by atoms with Gasteiger partial charge in [-0.25, -0.2) is 0 Å². The summed E-state index contributed by atoms with van der Waals surface area (Å²) in [6, 6.07) is 9.90. The van der Waals surface area contributed by atoms with Crippen molar-refractivity contribution >= 4 is 5.91 Å². The average Bonchev–Trinajstić information content (AvgIpc) is 3.18. The van der Waals surface area contributed by atoms with E-state index in [9.17, 15) is 4.79 Å². The Kier molecular flexibility index (Phi) is 6.39. The number of hydrogen-bond donors (Lipinski definition) is 1. The first-order valence-corrected chi connectivity index (χ1v) is 9.59. The number of carbonyl (C=O) groups is 1. The predicted molar refractivity (Wildman–Crippen MR) is 100 cm³/mol. The summed E-state index contributed by atoms with van der Waals surface area (Å²) in [5.41, 5.74) is 0.956. The molecule has 1 saturated heterocycles. The maximum atomic E-state index is 12.2. The highest BCUT2D eigenvalue weighted by molar-refractivity contribution is 5.78. The van der Waals surface area contributed by atoms with E-state index in [4.69, 9.17) is 4.52 Å². The van der Waals surface area contributed by atoms with E-state index < -0.39 is 0 Å². The predicted octanol–water partition coefficient (Wildman–Crippen LogP) is 3.43. The first kappa shape index (κ1) is 18.6. The van der Waals surface area contributed by atoms with E-state index in [1.54, 1.807) is 0 Å². The zero-order chi connectivity index (χ0) is 18.4. The number of likely N-dealkylation sites (tertiary alicyclic amines) is 1. The molecule has 0 saturated carbocycles. The van der Waals surface area contributed by atoms with Crippen molar-refractivity contribution in [3.05, 3.63) is 36.2 Å². The third-order valence-electron chi connectivity index (χ3n) is 5.11. The lowest BCUT2D eigenvalue weighted by molar-refractivity contribution is -0.126. The maximum Gasteiger partial charge on any atom is 0.244 e. The zero-order valence-electron chi connectivity index (χ0n) is 15.6. The Hall–Kier alpha value is -2.21. The Bertz CT molecular complexity index is 693. The summed E-state index contributed by atoms with van der Waals surface area (Å²) in [7, 11) is 0. The van der Waals surface area contributed by atoms with E-state index in [1.165, 1.54) is 0 Å². The second kappa shape index (κ2) is 8.94. The Labute approximate surface area is 155 Å². The molecule has 0 spiro atoms. The molecule has 6 heteroatoms. The molecule has 3 rings (SSSR count). The molecule has 0 aliphatic carbocycles. The van der Waals surface area contributed by atoms with Gasteiger partial charge in [0.25, 0.3) is 0 Å². The van der Waals surface area contributed by atoms with Crippen LogP contribution in [0, 0.1) is 5.92 Å². The minimum Gasteiger partial charge on any atom is -0.356 e. The number of rotatable bonds is 7. The Balaban J connectivity index is 1.53. The van der Waals surface area contributed by atoms with Gasteiger partial charge in [0.05, 0.1) is 6.04 Å². The molecule has 1 aromatic heterocycles. The monoisotopic (exact) mass is 356 g/mol. The third-order valence-corrected chi connectivity index (χ3v) is 5.11. The summed E-state index contributed by atoms with van der Waals surface area (Å²) >= 11 is 0. The summed E-state index contributed by atoms with van der Waals surface area (Å²) in [6.45, 7) is 6.75. The normalized spacial score (nSPS) is 17.2. The lowest BCUT2D eigenvalue weighted by Gasteiger charge is -2.33. The van der Waals surface area contributed by atoms with Crippen LogP contribution in [0.2, 0.25) is 0 Å². The summed E-state index contributed by atoms with van der Waals surface area (Å²) in [4.78, 5) is 19.1. The molecule has 1 aliphatic heterocycles. The SMILES string of the molecule is CCCCNC(=O)C1CCN(C(C)c2nc(-c3ccccc3)no2)CC1. The molecule has 0 bridgehead atoms. The van der Waals surface area contributed by atoms with Gasteiger partial charge in [-0.15, -0.1) is 0 Å². The fourth-order valence-electron chi connectivity index (χ4n) is 3.35. The van der Waals surface area contributed by atoms with Gasteiger partial charge in [-0.05, 0) is 39.3 Å². The molecule has 140 valence electrons. The van der Waals surface area contributed by atoms with Gasteiger partial charge in [-0.2, -0.15) is 4.98 Å². The molecular weight excluding hydrogens is 328 g/mol. The zero-order valence-corrected chi connectivity index (χ0v) is 15.6. The van der Waals surface area contributed by atoms with Crippen molar-refractivity contribution in [3.8, 4) is 11.4 Å². The summed E-state index contributed by atoms with van der Waals surface area (Å²) in [5, 5.41) is 7.16. The van der Waals surface area contributed by atoms with Crippen molar-refractivity contribution in [3.63, 3.8) is 0 Å². The van der Waals surface area contributed by atoms with Crippen LogP contribution in [0.5, 0.6) is 0 Å². The number of unbranched alkanes of at least 4 members (excludes halogenated alkanes) is 1. The molecule has 1 amide bonds. The molecule has 1 fully saturated rings. The van der Waals surface area contributed by atoms with E-state index in [0.29, 0.717) is 11.7 Å². The molecule has 1 atom stereocenters. The second-order valence-corrected chi connectivity index (χ2v) is 6.95. The molecule has 1 unspecified atom stereocenters. The smallest absolute Gasteiger partial charge is 0.244 e. The summed E-state index contributed by atoms with van der Waals surface area (Å²) in [6.07, 6.45) is 3.90. The van der Waals surface area contributed by atoms with Gasteiger partial charge >= 0.3 is 0 Å². The van der Waals surface area contributed by atoms with E-state index >= 15 is 0 Å². The standard InChI is InChI=1S/C20H28N4O2/c1-3-4-12-21-19(25)17-10-13-24(14-11-17)15(2)20-22-18(23-26-20)16-8-6-5-7-9-16/h5-9,15,17H,3-4,10-14H2,1-2H3,(H,21,25). The van der Waals surface area contributed by atoms with E-state index in [-0.39, 0.29) is 17.9 Å². The van der Waals surface area contributed by atoms with Crippen LogP contribution in [0.4, 0.5) is 0 Å². The van der Waals surface area contributed by atoms with Crippen LogP contribution in [-0.4, -0.2) is 40.6 Å². The summed E-state index contributed by atoms with van der Waals surface area (Å²) in [5.74, 6) is 1.58. The van der Waals surface area contributed by atoms with Crippen molar-refractivity contribution in [2.75, 3.05) is 19.6 Å². The molecule has 26 heavy (non-hydrogen) atoms. The topological polar surface area (TPSA) is 71.3 Å². The van der Waals surface area contributed by atoms with Gasteiger partial charge in [-0.1, -0.05) is 48.8 Å². The van der Waals surface area contributed by atoms with Crippen LogP contribution in [0.25, 0.3) is 11.4 Å². The molecular formula is C20H28N4O2. The van der Waals surface area contributed by atoms with Crippen LogP contribution in [-0.2, 0) is 4.79 Å². The minimum absolute atomic E-state index is 0.0593. The highest BCUT2D eigenvalue weighted by Gasteiger charge is 2.29. The van der Waals surface area contributed by atoms with Crippen LogP contribution in [0.15, 0.2) is 34.9 Å². The number of nitrogens with one attached hydrogen (secondary N) is 1. The van der Waals surface area contributed by atoms with Crippen molar-refractivity contribution in [1.82, 2.24) is 20.4 Å². The fraction of sp³-hybridized carbons (Fsp3) is 0.550. The molecule has 6 nitrogen and oxygen atoms in total. The fourth-order valence-corrected chi connectivity index (χ4v) is 3.35. The molecule has 1 aliphatic rings. The van der Waals surface area contributed by atoms with Crippen molar-refractivity contribution in [2.24, 2.45) is 5.92 Å². The largest absolute Gasteiger partial charge is 0.356 e. The Morgan fingerprint density at radius 3 is 2.73 bits per heavy atom. The van der Waals surface area contributed by atoms with E-state index in [2.05, 4.69) is 34.2 Å².